The number of ketones is 1. The number of non-ortho nitro benzene ring substituents is 1. The highest BCUT2D eigenvalue weighted by atomic mass is 16.6. The Kier molecular flexibility index (Phi) is 3.41. The molecule has 0 aliphatic carbocycles. The number of rotatable bonds is 5. The fraction of sp³-hybridized carbons (Fsp3) is 0.231. The number of unbranched alkanes of at least 4 members (excludes halogenated alkanes) is 1. The predicted molar refractivity (Wildman–Crippen MR) is 69.2 cm³/mol. The van der Waals surface area contributed by atoms with Crippen LogP contribution in [0.5, 0.6) is 0 Å². The van der Waals surface area contributed by atoms with E-state index in [4.69, 9.17) is 0 Å². The van der Waals surface area contributed by atoms with Crippen LogP contribution >= 0.6 is 0 Å². The van der Waals surface area contributed by atoms with Gasteiger partial charge in [-0.05, 0) is 18.9 Å². The van der Waals surface area contributed by atoms with Crippen LogP contribution in [0, 0.1) is 10.1 Å². The van der Waals surface area contributed by atoms with Gasteiger partial charge in [0.05, 0.1) is 16.2 Å². The van der Waals surface area contributed by atoms with Gasteiger partial charge in [-0.1, -0.05) is 6.08 Å². The number of nitro benzene ring substituents is 1. The van der Waals surface area contributed by atoms with Crippen molar-refractivity contribution in [1.82, 2.24) is 0 Å². The Labute approximate surface area is 109 Å². The van der Waals surface area contributed by atoms with Crippen LogP contribution in [-0.4, -0.2) is 23.2 Å². The molecule has 1 aliphatic heterocycles. The lowest BCUT2D eigenvalue weighted by atomic mass is 10.1. The number of anilines is 1. The highest BCUT2D eigenvalue weighted by Crippen LogP contribution is 2.32. The van der Waals surface area contributed by atoms with Gasteiger partial charge in [0, 0.05) is 18.7 Å². The first-order valence-electron chi connectivity index (χ1n) is 5.81. The molecule has 0 N–H and O–H groups in total. The molecule has 6 nitrogen and oxygen atoms in total. The fourth-order valence-electron chi connectivity index (χ4n) is 2.02. The van der Waals surface area contributed by atoms with Gasteiger partial charge in [0.2, 0.25) is 0 Å². The zero-order valence-electron chi connectivity index (χ0n) is 10.2. The third kappa shape index (κ3) is 2.24. The van der Waals surface area contributed by atoms with Gasteiger partial charge in [0.25, 0.3) is 17.4 Å². The minimum atomic E-state index is -0.683. The van der Waals surface area contributed by atoms with E-state index in [1.54, 1.807) is 6.08 Å². The Balaban J connectivity index is 2.33. The number of carbonyl (C=O) groups is 2. The Bertz CT molecular complexity index is 580. The normalized spacial score (nSPS) is 13.6. The molecule has 1 heterocycles. The van der Waals surface area contributed by atoms with Crippen molar-refractivity contribution in [1.29, 1.82) is 0 Å². The summed E-state index contributed by atoms with van der Waals surface area (Å²) >= 11 is 0. The molecule has 0 saturated carbocycles. The average molecular weight is 260 g/mol. The molecule has 0 atom stereocenters. The highest BCUT2D eigenvalue weighted by molar-refractivity contribution is 6.52. The maximum atomic E-state index is 11.8. The lowest BCUT2D eigenvalue weighted by molar-refractivity contribution is -0.384. The molecular formula is C13H12N2O4. The number of Topliss-reactive ketones (excluding diaryl/α,β-unsaturated/α-hetero) is 1. The summed E-state index contributed by atoms with van der Waals surface area (Å²) in [6.45, 7) is 3.99. The second-order valence-electron chi connectivity index (χ2n) is 4.18. The van der Waals surface area contributed by atoms with E-state index in [1.165, 1.54) is 17.0 Å². The Morgan fingerprint density at radius 3 is 2.74 bits per heavy atom. The smallest absolute Gasteiger partial charge is 0.299 e. The molecule has 1 aliphatic rings. The standard InChI is InChI=1S/C13H12N2O4/c1-2-3-4-7-14-11-6-5-9(15(18)19)8-10(11)12(16)13(14)17/h2,5-6,8H,1,3-4,7H2. The van der Waals surface area contributed by atoms with E-state index in [0.29, 0.717) is 18.7 Å². The molecule has 1 aromatic carbocycles. The SMILES string of the molecule is C=CCCCN1C(=O)C(=O)c2cc([N+](=O)[O-])ccc21. The lowest BCUT2D eigenvalue weighted by Crippen LogP contribution is -2.30. The Hall–Kier alpha value is -2.50. The molecule has 1 amide bonds. The molecule has 0 saturated heterocycles. The number of nitrogens with zero attached hydrogens (tertiary/aromatic N) is 2. The second-order valence-corrected chi connectivity index (χ2v) is 4.18. The van der Waals surface area contributed by atoms with E-state index >= 15 is 0 Å². The van der Waals surface area contributed by atoms with Crippen LogP contribution in [0.4, 0.5) is 11.4 Å². The highest BCUT2D eigenvalue weighted by Gasteiger charge is 2.36. The third-order valence-corrected chi connectivity index (χ3v) is 2.96. The number of carbonyl (C=O) groups excluding carboxylic acids is 2. The molecule has 19 heavy (non-hydrogen) atoms. The van der Waals surface area contributed by atoms with Crippen molar-refractivity contribution in [3.8, 4) is 0 Å². The first-order chi connectivity index (χ1) is 9.06. The topological polar surface area (TPSA) is 80.5 Å². The minimum absolute atomic E-state index is 0.109. The summed E-state index contributed by atoms with van der Waals surface area (Å²) in [6, 6.07) is 3.90. The second kappa shape index (κ2) is 5.01. The van der Waals surface area contributed by atoms with Gasteiger partial charge in [-0.2, -0.15) is 0 Å². The molecule has 2 rings (SSSR count). The summed E-state index contributed by atoms with van der Waals surface area (Å²) in [5.74, 6) is -1.31. The van der Waals surface area contributed by atoms with E-state index in [1.807, 2.05) is 0 Å². The summed E-state index contributed by atoms with van der Waals surface area (Å²) in [5.41, 5.74) is 0.371. The maximum Gasteiger partial charge on any atom is 0.299 e. The largest absolute Gasteiger partial charge is 0.305 e. The molecule has 0 aromatic heterocycles. The van der Waals surface area contributed by atoms with Crippen LogP contribution in [0.3, 0.4) is 0 Å². The molecule has 0 fully saturated rings. The molecular weight excluding hydrogens is 248 g/mol. The number of hydrogen-bond acceptors (Lipinski definition) is 4. The number of benzene rings is 1. The number of hydrogen-bond donors (Lipinski definition) is 0. The minimum Gasteiger partial charge on any atom is -0.305 e. The summed E-state index contributed by atoms with van der Waals surface area (Å²) in [6.07, 6.45) is 3.17. The summed E-state index contributed by atoms with van der Waals surface area (Å²) < 4.78 is 0. The monoisotopic (exact) mass is 260 g/mol. The fourth-order valence-corrected chi connectivity index (χ4v) is 2.02. The molecule has 0 radical (unpaired) electrons. The first kappa shape index (κ1) is 12.9. The van der Waals surface area contributed by atoms with Gasteiger partial charge in [-0.25, -0.2) is 0 Å². The summed E-state index contributed by atoms with van der Waals surface area (Å²) in [7, 11) is 0. The molecule has 6 heteroatoms. The molecule has 98 valence electrons. The third-order valence-electron chi connectivity index (χ3n) is 2.96. The molecule has 0 spiro atoms. The zero-order valence-corrected chi connectivity index (χ0v) is 10.2. The van der Waals surface area contributed by atoms with Crippen LogP contribution in [-0.2, 0) is 4.79 Å². The van der Waals surface area contributed by atoms with Gasteiger partial charge >= 0.3 is 0 Å². The van der Waals surface area contributed by atoms with Crippen molar-refractivity contribution in [3.05, 3.63) is 46.5 Å². The van der Waals surface area contributed by atoms with Crippen molar-refractivity contribution in [2.24, 2.45) is 0 Å². The number of nitro groups is 1. The van der Waals surface area contributed by atoms with Crippen LogP contribution < -0.4 is 4.90 Å². The van der Waals surface area contributed by atoms with E-state index < -0.39 is 16.6 Å². The van der Waals surface area contributed by atoms with Crippen LogP contribution in [0.1, 0.15) is 23.2 Å². The van der Waals surface area contributed by atoms with Crippen molar-refractivity contribution in [2.45, 2.75) is 12.8 Å². The Morgan fingerprint density at radius 2 is 2.11 bits per heavy atom. The summed E-state index contributed by atoms with van der Waals surface area (Å²) in [5, 5.41) is 10.7. The van der Waals surface area contributed by atoms with Gasteiger partial charge in [-0.3, -0.25) is 19.7 Å². The predicted octanol–water partition coefficient (Wildman–Crippen LogP) is 2.09. The van der Waals surface area contributed by atoms with E-state index in [0.717, 1.165) is 12.5 Å². The van der Waals surface area contributed by atoms with Crippen LogP contribution in [0.2, 0.25) is 0 Å². The lowest BCUT2D eigenvalue weighted by Gasteiger charge is -2.15. The van der Waals surface area contributed by atoms with Crippen molar-refractivity contribution in [3.63, 3.8) is 0 Å². The first-order valence-corrected chi connectivity index (χ1v) is 5.81. The number of amides is 1. The van der Waals surface area contributed by atoms with Gasteiger partial charge in [-0.15, -0.1) is 6.58 Å². The molecule has 1 aromatic rings. The van der Waals surface area contributed by atoms with Crippen molar-refractivity contribution >= 4 is 23.1 Å². The van der Waals surface area contributed by atoms with E-state index in [9.17, 15) is 19.7 Å². The maximum absolute atomic E-state index is 11.8. The summed E-state index contributed by atoms with van der Waals surface area (Å²) in [4.78, 5) is 35.0. The average Bonchev–Trinajstić information content (AvgIpc) is 2.63. The molecule has 0 unspecified atom stereocenters. The van der Waals surface area contributed by atoms with Gasteiger partial charge in [0.1, 0.15) is 0 Å². The molecule has 0 bridgehead atoms. The number of fused-ring (bicyclic) bond motifs is 1. The number of allylic oxidation sites excluding steroid dienone is 1. The quantitative estimate of drug-likeness (QED) is 0.267. The van der Waals surface area contributed by atoms with Crippen LogP contribution in [0.15, 0.2) is 30.9 Å². The van der Waals surface area contributed by atoms with E-state index in [2.05, 4.69) is 6.58 Å². The van der Waals surface area contributed by atoms with Crippen LogP contribution in [0.25, 0.3) is 0 Å². The zero-order chi connectivity index (χ0) is 14.0. The van der Waals surface area contributed by atoms with Gasteiger partial charge < -0.3 is 4.90 Å². The van der Waals surface area contributed by atoms with Crippen molar-refractivity contribution in [2.75, 3.05) is 11.4 Å². The Morgan fingerprint density at radius 1 is 1.37 bits per heavy atom. The van der Waals surface area contributed by atoms with Gasteiger partial charge in [0.15, 0.2) is 0 Å². The van der Waals surface area contributed by atoms with Crippen molar-refractivity contribution < 1.29 is 14.5 Å². The van der Waals surface area contributed by atoms with E-state index in [-0.39, 0.29) is 11.3 Å².